The number of carbonyl (C=O) groups excluding carboxylic acids is 1. The molecule has 1 heterocycles. The second-order valence-corrected chi connectivity index (χ2v) is 5.46. The van der Waals surface area contributed by atoms with Crippen LogP contribution in [0.25, 0.3) is 10.1 Å². The zero-order valence-corrected chi connectivity index (χ0v) is 11.3. The number of fused-ring (bicyclic) bond motifs is 1. The summed E-state index contributed by atoms with van der Waals surface area (Å²) < 4.78 is 1.30. The fraction of sp³-hybridized carbons (Fsp3) is 0.118. The van der Waals surface area contributed by atoms with Gasteiger partial charge >= 0.3 is 0 Å². The van der Waals surface area contributed by atoms with E-state index in [9.17, 15) is 4.79 Å². The summed E-state index contributed by atoms with van der Waals surface area (Å²) >= 11 is 1.75. The predicted molar refractivity (Wildman–Crippen MR) is 80.9 cm³/mol. The molecule has 0 aliphatic heterocycles. The molecular weight excluding hydrogens is 252 g/mol. The van der Waals surface area contributed by atoms with Crippen molar-refractivity contribution in [2.24, 2.45) is 0 Å². The van der Waals surface area contributed by atoms with Crippen LogP contribution in [0.15, 0.2) is 60.0 Å². The Kier molecular flexibility index (Phi) is 3.43. The van der Waals surface area contributed by atoms with Gasteiger partial charge in [0, 0.05) is 16.7 Å². The molecule has 0 bridgehead atoms. The first kappa shape index (κ1) is 12.1. The SMILES string of the molecule is O=C(CCc1csc2ccccc12)c1ccccc1. The molecule has 0 atom stereocenters. The summed E-state index contributed by atoms with van der Waals surface area (Å²) in [5.41, 5.74) is 2.09. The van der Waals surface area contributed by atoms with Gasteiger partial charge in [-0.1, -0.05) is 48.5 Å². The molecule has 3 aromatic rings. The first-order chi connectivity index (χ1) is 9.34. The number of carbonyl (C=O) groups is 1. The van der Waals surface area contributed by atoms with Gasteiger partial charge in [-0.3, -0.25) is 4.79 Å². The van der Waals surface area contributed by atoms with Gasteiger partial charge in [-0.15, -0.1) is 11.3 Å². The first-order valence-electron chi connectivity index (χ1n) is 6.38. The minimum atomic E-state index is 0.218. The van der Waals surface area contributed by atoms with Crippen molar-refractivity contribution < 1.29 is 4.79 Å². The molecule has 1 nitrogen and oxygen atoms in total. The lowest BCUT2D eigenvalue weighted by molar-refractivity contribution is 0.0983. The second kappa shape index (κ2) is 5.37. The van der Waals surface area contributed by atoms with Gasteiger partial charge in [0.15, 0.2) is 5.78 Å². The van der Waals surface area contributed by atoms with E-state index in [1.165, 1.54) is 15.6 Å². The van der Waals surface area contributed by atoms with E-state index < -0.39 is 0 Å². The topological polar surface area (TPSA) is 17.1 Å². The molecule has 0 radical (unpaired) electrons. The maximum atomic E-state index is 12.1. The fourth-order valence-corrected chi connectivity index (χ4v) is 3.24. The van der Waals surface area contributed by atoms with E-state index in [-0.39, 0.29) is 5.78 Å². The molecular formula is C17H14OS. The summed E-state index contributed by atoms with van der Waals surface area (Å²) in [5, 5.41) is 3.46. The van der Waals surface area contributed by atoms with E-state index in [4.69, 9.17) is 0 Å². The number of ketones is 1. The van der Waals surface area contributed by atoms with Crippen molar-refractivity contribution in [2.75, 3.05) is 0 Å². The molecule has 0 spiro atoms. The molecule has 1 aromatic heterocycles. The van der Waals surface area contributed by atoms with E-state index >= 15 is 0 Å². The van der Waals surface area contributed by atoms with Crippen LogP contribution in [0.2, 0.25) is 0 Å². The Hall–Kier alpha value is -1.93. The Bertz CT molecular complexity index is 697. The van der Waals surface area contributed by atoms with E-state index in [0.717, 1.165) is 12.0 Å². The Labute approximate surface area is 116 Å². The van der Waals surface area contributed by atoms with Crippen molar-refractivity contribution in [1.82, 2.24) is 0 Å². The van der Waals surface area contributed by atoms with Crippen LogP contribution in [-0.4, -0.2) is 5.78 Å². The number of Topliss-reactive ketones (excluding diaryl/α,β-unsaturated/α-hetero) is 1. The number of rotatable bonds is 4. The summed E-state index contributed by atoms with van der Waals surface area (Å²) in [6.07, 6.45) is 1.39. The largest absolute Gasteiger partial charge is 0.294 e. The van der Waals surface area contributed by atoms with Gasteiger partial charge in [0.25, 0.3) is 0 Å². The number of thiophene rings is 1. The molecule has 0 unspecified atom stereocenters. The van der Waals surface area contributed by atoms with Gasteiger partial charge in [-0.2, -0.15) is 0 Å². The van der Waals surface area contributed by atoms with Crippen LogP contribution in [0.4, 0.5) is 0 Å². The Balaban J connectivity index is 1.75. The van der Waals surface area contributed by atoms with Crippen LogP contribution >= 0.6 is 11.3 Å². The predicted octanol–water partition coefficient (Wildman–Crippen LogP) is 4.72. The number of benzene rings is 2. The molecule has 0 aliphatic carbocycles. The molecule has 0 fully saturated rings. The standard InChI is InChI=1S/C17H14OS/c18-16(13-6-2-1-3-7-13)11-10-14-12-19-17-9-5-4-8-15(14)17/h1-9,12H,10-11H2. The summed E-state index contributed by atoms with van der Waals surface area (Å²) in [6, 6.07) is 17.9. The zero-order valence-electron chi connectivity index (χ0n) is 10.5. The summed E-state index contributed by atoms with van der Waals surface area (Å²) in [5.74, 6) is 0.218. The van der Waals surface area contributed by atoms with Crippen LogP contribution in [0.1, 0.15) is 22.3 Å². The smallest absolute Gasteiger partial charge is 0.163 e. The molecule has 0 amide bonds. The van der Waals surface area contributed by atoms with Crippen LogP contribution in [0.3, 0.4) is 0 Å². The monoisotopic (exact) mass is 266 g/mol. The van der Waals surface area contributed by atoms with Crippen molar-refractivity contribution in [2.45, 2.75) is 12.8 Å². The van der Waals surface area contributed by atoms with Crippen molar-refractivity contribution in [3.05, 3.63) is 71.1 Å². The number of hydrogen-bond donors (Lipinski definition) is 0. The highest BCUT2D eigenvalue weighted by Gasteiger charge is 2.08. The lowest BCUT2D eigenvalue weighted by Crippen LogP contribution is -2.00. The molecule has 3 rings (SSSR count). The van der Waals surface area contributed by atoms with Crippen LogP contribution in [0, 0.1) is 0 Å². The van der Waals surface area contributed by atoms with Crippen molar-refractivity contribution >= 4 is 27.2 Å². The molecule has 0 saturated heterocycles. The molecule has 94 valence electrons. The van der Waals surface area contributed by atoms with Crippen LogP contribution < -0.4 is 0 Å². The van der Waals surface area contributed by atoms with Gasteiger partial charge in [-0.05, 0) is 28.8 Å². The van der Waals surface area contributed by atoms with Crippen LogP contribution in [-0.2, 0) is 6.42 Å². The second-order valence-electron chi connectivity index (χ2n) is 4.55. The zero-order chi connectivity index (χ0) is 13.1. The van der Waals surface area contributed by atoms with E-state index in [2.05, 4.69) is 29.6 Å². The Morgan fingerprint density at radius 2 is 1.68 bits per heavy atom. The molecule has 0 N–H and O–H groups in total. The van der Waals surface area contributed by atoms with Gasteiger partial charge in [0.2, 0.25) is 0 Å². The first-order valence-corrected chi connectivity index (χ1v) is 7.26. The third kappa shape index (κ3) is 2.59. The highest BCUT2D eigenvalue weighted by molar-refractivity contribution is 7.17. The minimum absolute atomic E-state index is 0.218. The average molecular weight is 266 g/mol. The van der Waals surface area contributed by atoms with E-state index in [1.807, 2.05) is 30.3 Å². The fourth-order valence-electron chi connectivity index (χ4n) is 2.24. The summed E-state index contributed by atoms with van der Waals surface area (Å²) in [4.78, 5) is 12.1. The van der Waals surface area contributed by atoms with Crippen molar-refractivity contribution in [3.8, 4) is 0 Å². The Morgan fingerprint density at radius 1 is 0.947 bits per heavy atom. The van der Waals surface area contributed by atoms with Crippen LogP contribution in [0.5, 0.6) is 0 Å². The lowest BCUT2D eigenvalue weighted by Gasteiger charge is -2.01. The quantitative estimate of drug-likeness (QED) is 0.625. The van der Waals surface area contributed by atoms with Gasteiger partial charge in [-0.25, -0.2) is 0 Å². The van der Waals surface area contributed by atoms with Gasteiger partial charge in [0.05, 0.1) is 0 Å². The highest BCUT2D eigenvalue weighted by Crippen LogP contribution is 2.26. The molecule has 19 heavy (non-hydrogen) atoms. The normalized spacial score (nSPS) is 10.7. The number of hydrogen-bond acceptors (Lipinski definition) is 2. The maximum absolute atomic E-state index is 12.1. The average Bonchev–Trinajstić information content (AvgIpc) is 2.89. The van der Waals surface area contributed by atoms with Crippen molar-refractivity contribution in [1.29, 1.82) is 0 Å². The lowest BCUT2D eigenvalue weighted by atomic mass is 10.0. The Morgan fingerprint density at radius 3 is 2.53 bits per heavy atom. The maximum Gasteiger partial charge on any atom is 0.163 e. The number of aryl methyl sites for hydroxylation is 1. The molecule has 2 aromatic carbocycles. The molecule has 0 saturated carbocycles. The van der Waals surface area contributed by atoms with Crippen molar-refractivity contribution in [3.63, 3.8) is 0 Å². The highest BCUT2D eigenvalue weighted by atomic mass is 32.1. The van der Waals surface area contributed by atoms with Gasteiger partial charge < -0.3 is 0 Å². The molecule has 0 aliphatic rings. The third-order valence-corrected chi connectivity index (χ3v) is 4.29. The summed E-state index contributed by atoms with van der Waals surface area (Å²) in [6.45, 7) is 0. The van der Waals surface area contributed by atoms with E-state index in [0.29, 0.717) is 6.42 Å². The van der Waals surface area contributed by atoms with Gasteiger partial charge in [0.1, 0.15) is 0 Å². The summed E-state index contributed by atoms with van der Waals surface area (Å²) in [7, 11) is 0. The third-order valence-electron chi connectivity index (χ3n) is 3.28. The minimum Gasteiger partial charge on any atom is -0.294 e. The van der Waals surface area contributed by atoms with E-state index in [1.54, 1.807) is 11.3 Å². The molecule has 2 heteroatoms.